The summed E-state index contributed by atoms with van der Waals surface area (Å²) in [5, 5.41) is 9.88. The number of aliphatic hydroxyl groups is 1. The van der Waals surface area contributed by atoms with E-state index < -0.39 is 0 Å². The van der Waals surface area contributed by atoms with Gasteiger partial charge in [0.1, 0.15) is 0 Å². The van der Waals surface area contributed by atoms with Gasteiger partial charge in [0.15, 0.2) is 0 Å². The monoisotopic (exact) mass is 366 g/mol. The number of aliphatic hydroxyl groups excluding tert-OH is 1. The second-order valence-electron chi connectivity index (χ2n) is 6.08. The molecule has 0 heterocycles. The third-order valence-electron chi connectivity index (χ3n) is 3.80. The molecule has 0 aromatic heterocycles. The van der Waals surface area contributed by atoms with E-state index in [-0.39, 0.29) is 12.1 Å². The van der Waals surface area contributed by atoms with E-state index in [1.165, 1.54) is 26.4 Å². The van der Waals surface area contributed by atoms with E-state index in [4.69, 9.17) is 0 Å². The molecular weight excluding hydrogens is 324 g/mol. The minimum absolute atomic E-state index is 0.141. The van der Waals surface area contributed by atoms with Crippen molar-refractivity contribution >= 4 is 5.97 Å². The molecule has 0 aliphatic carbocycles. The van der Waals surface area contributed by atoms with Crippen molar-refractivity contribution in [3.8, 4) is 0 Å². The molecule has 0 saturated carbocycles. The van der Waals surface area contributed by atoms with Crippen molar-refractivity contribution in [2.24, 2.45) is 0 Å². The molecular formula is C23H42O3. The fourth-order valence-electron chi connectivity index (χ4n) is 2.26. The van der Waals surface area contributed by atoms with Gasteiger partial charge in [0.25, 0.3) is 0 Å². The van der Waals surface area contributed by atoms with Crippen LogP contribution in [0.2, 0.25) is 0 Å². The van der Waals surface area contributed by atoms with Crippen molar-refractivity contribution < 1.29 is 14.6 Å². The van der Waals surface area contributed by atoms with Crippen molar-refractivity contribution in [3.05, 3.63) is 36.5 Å². The zero-order chi connectivity index (χ0) is 19.9. The Bertz CT molecular complexity index is 370. The highest BCUT2D eigenvalue weighted by Gasteiger charge is 1.99. The third kappa shape index (κ3) is 22.6. The van der Waals surface area contributed by atoms with E-state index in [0.717, 1.165) is 44.9 Å². The molecule has 0 spiro atoms. The first kappa shape index (κ1) is 26.9. The summed E-state index contributed by atoms with van der Waals surface area (Å²) in [4.78, 5) is 10.9. The van der Waals surface area contributed by atoms with Gasteiger partial charge < -0.3 is 9.84 Å². The van der Waals surface area contributed by atoms with Crippen molar-refractivity contribution in [1.29, 1.82) is 0 Å². The molecule has 152 valence electrons. The fraction of sp³-hybridized carbons (Fsp3) is 0.696. The second-order valence-corrected chi connectivity index (χ2v) is 6.08. The van der Waals surface area contributed by atoms with Crippen molar-refractivity contribution in [1.82, 2.24) is 0 Å². The van der Waals surface area contributed by atoms with E-state index in [2.05, 4.69) is 48.1 Å². The Hall–Kier alpha value is -1.35. The zero-order valence-electron chi connectivity index (χ0n) is 17.6. The molecule has 3 nitrogen and oxygen atoms in total. The van der Waals surface area contributed by atoms with Gasteiger partial charge in [0.05, 0.1) is 13.2 Å². The Morgan fingerprint density at radius 2 is 1.54 bits per heavy atom. The number of unbranched alkanes of at least 4 members (excludes halogenated alkanes) is 4. The third-order valence-corrected chi connectivity index (χ3v) is 3.80. The normalized spacial score (nSPS) is 12.5. The van der Waals surface area contributed by atoms with Crippen molar-refractivity contribution in [2.45, 2.75) is 97.5 Å². The predicted octanol–water partition coefficient (Wildman–Crippen LogP) is 6.53. The highest BCUT2D eigenvalue weighted by atomic mass is 16.5. The molecule has 1 N–H and O–H groups in total. The molecule has 0 aromatic carbocycles. The molecule has 0 radical (unpaired) electrons. The minimum atomic E-state index is -0.231. The van der Waals surface area contributed by atoms with E-state index in [0.29, 0.717) is 6.42 Å². The maximum Gasteiger partial charge on any atom is 0.305 e. The molecule has 0 aliphatic rings. The SMILES string of the molecule is CC.CCCCC/C=C\C[C@H](O)CC/C=C\C/C=C\CCCC(=O)OC. The van der Waals surface area contributed by atoms with Crippen LogP contribution in [0.5, 0.6) is 0 Å². The van der Waals surface area contributed by atoms with Crippen molar-refractivity contribution in [2.75, 3.05) is 7.11 Å². The number of esters is 1. The summed E-state index contributed by atoms with van der Waals surface area (Å²) >= 11 is 0. The molecule has 0 unspecified atom stereocenters. The van der Waals surface area contributed by atoms with E-state index in [9.17, 15) is 9.90 Å². The highest BCUT2D eigenvalue weighted by Crippen LogP contribution is 2.06. The van der Waals surface area contributed by atoms with Gasteiger partial charge in [-0.2, -0.15) is 0 Å². The molecule has 3 heteroatoms. The summed E-state index contributed by atoms with van der Waals surface area (Å²) in [6.07, 6.45) is 23.1. The Morgan fingerprint density at radius 1 is 0.923 bits per heavy atom. The lowest BCUT2D eigenvalue weighted by Gasteiger charge is -2.05. The van der Waals surface area contributed by atoms with Crippen LogP contribution in [0.1, 0.15) is 91.4 Å². The number of carbonyl (C=O) groups is 1. The Labute approximate surface area is 162 Å². The number of methoxy groups -OCH3 is 1. The first-order chi connectivity index (χ1) is 12.7. The van der Waals surface area contributed by atoms with Crippen molar-refractivity contribution in [3.63, 3.8) is 0 Å². The lowest BCUT2D eigenvalue weighted by molar-refractivity contribution is -0.140. The number of ether oxygens (including phenoxy) is 1. The topological polar surface area (TPSA) is 46.5 Å². The van der Waals surface area contributed by atoms with Gasteiger partial charge in [-0.05, 0) is 51.4 Å². The number of hydrogen-bond donors (Lipinski definition) is 1. The summed E-state index contributed by atoms with van der Waals surface area (Å²) in [6.45, 7) is 6.21. The summed E-state index contributed by atoms with van der Waals surface area (Å²) in [5.74, 6) is -0.141. The second kappa shape index (κ2) is 23.6. The summed E-state index contributed by atoms with van der Waals surface area (Å²) in [7, 11) is 1.42. The largest absolute Gasteiger partial charge is 0.469 e. The molecule has 1 atom stereocenters. The number of rotatable bonds is 15. The lowest BCUT2D eigenvalue weighted by Crippen LogP contribution is -2.03. The zero-order valence-corrected chi connectivity index (χ0v) is 17.6. The van der Waals surface area contributed by atoms with Crippen LogP contribution >= 0.6 is 0 Å². The highest BCUT2D eigenvalue weighted by molar-refractivity contribution is 5.69. The fourth-order valence-corrected chi connectivity index (χ4v) is 2.26. The standard InChI is InChI=1S/C21H36O3.C2H6/c1-3-4-5-6-11-14-17-20(22)18-15-12-9-7-8-10-13-16-19-21(23)24-2;1-2/h8-12,14,20,22H,3-7,13,15-19H2,1-2H3;1-2H3/b10-8-,12-9-,14-11-;/t20-;/m0./s1. The molecule has 0 saturated heterocycles. The average molecular weight is 367 g/mol. The Balaban J connectivity index is 0. The van der Waals surface area contributed by atoms with Gasteiger partial charge in [0.2, 0.25) is 0 Å². The molecule has 0 rings (SSSR count). The average Bonchev–Trinajstić information content (AvgIpc) is 2.67. The van der Waals surface area contributed by atoms with Gasteiger partial charge in [-0.3, -0.25) is 4.79 Å². The van der Waals surface area contributed by atoms with E-state index in [1.54, 1.807) is 0 Å². The van der Waals surface area contributed by atoms with Crippen LogP contribution in [-0.4, -0.2) is 24.3 Å². The van der Waals surface area contributed by atoms with Gasteiger partial charge in [-0.1, -0.05) is 70.1 Å². The molecule has 0 amide bonds. The van der Waals surface area contributed by atoms with Gasteiger partial charge in [-0.15, -0.1) is 0 Å². The van der Waals surface area contributed by atoms with E-state index >= 15 is 0 Å². The van der Waals surface area contributed by atoms with Crippen LogP contribution in [0, 0.1) is 0 Å². The molecule has 26 heavy (non-hydrogen) atoms. The maximum absolute atomic E-state index is 10.9. The van der Waals surface area contributed by atoms with Gasteiger partial charge in [-0.25, -0.2) is 0 Å². The van der Waals surface area contributed by atoms with Crippen LogP contribution in [0.3, 0.4) is 0 Å². The molecule has 0 aromatic rings. The number of carbonyl (C=O) groups excluding carboxylic acids is 1. The predicted molar refractivity (Wildman–Crippen MR) is 113 cm³/mol. The van der Waals surface area contributed by atoms with Crippen LogP contribution in [0.25, 0.3) is 0 Å². The summed E-state index contributed by atoms with van der Waals surface area (Å²) < 4.78 is 4.59. The first-order valence-corrected chi connectivity index (χ1v) is 10.4. The number of allylic oxidation sites excluding steroid dienone is 5. The van der Waals surface area contributed by atoms with Gasteiger partial charge >= 0.3 is 5.97 Å². The summed E-state index contributed by atoms with van der Waals surface area (Å²) in [5.41, 5.74) is 0. The Kier molecular flexibility index (Phi) is 24.4. The van der Waals surface area contributed by atoms with Crippen LogP contribution in [0.4, 0.5) is 0 Å². The summed E-state index contributed by atoms with van der Waals surface area (Å²) in [6, 6.07) is 0. The lowest BCUT2D eigenvalue weighted by atomic mass is 10.1. The smallest absolute Gasteiger partial charge is 0.305 e. The van der Waals surface area contributed by atoms with Crippen LogP contribution in [-0.2, 0) is 9.53 Å². The minimum Gasteiger partial charge on any atom is -0.469 e. The van der Waals surface area contributed by atoms with E-state index in [1.807, 2.05) is 13.8 Å². The molecule has 0 fully saturated rings. The molecule has 0 bridgehead atoms. The molecule has 0 aliphatic heterocycles. The maximum atomic E-state index is 10.9. The van der Waals surface area contributed by atoms with Gasteiger partial charge in [0, 0.05) is 6.42 Å². The van der Waals surface area contributed by atoms with Crippen LogP contribution in [0.15, 0.2) is 36.5 Å². The first-order valence-electron chi connectivity index (χ1n) is 10.4. The van der Waals surface area contributed by atoms with Crippen LogP contribution < -0.4 is 0 Å². The number of hydrogen-bond acceptors (Lipinski definition) is 3. The Morgan fingerprint density at radius 3 is 2.19 bits per heavy atom. The quantitative estimate of drug-likeness (QED) is 0.204.